The smallest absolute Gasteiger partial charge is 0.234 e. The first-order chi connectivity index (χ1) is 7.16. The van der Waals surface area contributed by atoms with Crippen molar-refractivity contribution < 1.29 is 8.42 Å². The molecular formula is C8H14N4O2S. The minimum absolute atomic E-state index is 0.0781. The van der Waals surface area contributed by atoms with Gasteiger partial charge in [-0.2, -0.15) is 5.10 Å². The van der Waals surface area contributed by atoms with Crippen molar-refractivity contribution in [1.29, 1.82) is 0 Å². The molecule has 0 amide bonds. The highest BCUT2D eigenvalue weighted by molar-refractivity contribution is 7.92. The Morgan fingerprint density at radius 2 is 2.47 bits per heavy atom. The first kappa shape index (κ1) is 10.4. The number of aromatic nitrogens is 2. The zero-order valence-corrected chi connectivity index (χ0v) is 9.05. The summed E-state index contributed by atoms with van der Waals surface area (Å²) in [4.78, 5) is 0. The average Bonchev–Trinajstić information content (AvgIpc) is 2.75. The van der Waals surface area contributed by atoms with Crippen molar-refractivity contribution in [3.8, 4) is 0 Å². The Hall–Kier alpha value is -1.08. The van der Waals surface area contributed by atoms with E-state index in [0.29, 0.717) is 5.69 Å². The molecule has 0 bridgehead atoms. The molecule has 7 heteroatoms. The fourth-order valence-corrected chi connectivity index (χ4v) is 3.06. The van der Waals surface area contributed by atoms with E-state index in [-0.39, 0.29) is 11.8 Å². The standard InChI is InChI=1S/C8H14N4O2S/c13-15(14,6-7-2-1-3-9-7)12-8-4-10-11-5-8/h4-5,7,9,12H,1-3,6H2,(H,10,11). The summed E-state index contributed by atoms with van der Waals surface area (Å²) in [6.07, 6.45) is 4.93. The van der Waals surface area contributed by atoms with Gasteiger partial charge in [0.15, 0.2) is 0 Å². The molecule has 0 aliphatic carbocycles. The van der Waals surface area contributed by atoms with Crippen molar-refractivity contribution in [2.45, 2.75) is 18.9 Å². The zero-order valence-electron chi connectivity index (χ0n) is 8.23. The lowest BCUT2D eigenvalue weighted by Crippen LogP contribution is -2.32. The Morgan fingerprint density at radius 1 is 1.60 bits per heavy atom. The lowest BCUT2D eigenvalue weighted by molar-refractivity contribution is 0.582. The fraction of sp³-hybridized carbons (Fsp3) is 0.625. The molecule has 1 aliphatic rings. The maximum absolute atomic E-state index is 11.7. The van der Waals surface area contributed by atoms with Gasteiger partial charge in [-0.3, -0.25) is 9.82 Å². The van der Waals surface area contributed by atoms with Crippen LogP contribution in [0, 0.1) is 0 Å². The van der Waals surface area contributed by atoms with Crippen LogP contribution in [0.5, 0.6) is 0 Å². The minimum atomic E-state index is -3.26. The molecule has 1 saturated heterocycles. The molecule has 1 atom stereocenters. The number of nitrogens with one attached hydrogen (secondary N) is 3. The van der Waals surface area contributed by atoms with Gasteiger partial charge in [0, 0.05) is 12.2 Å². The summed E-state index contributed by atoms with van der Waals surface area (Å²) in [5, 5.41) is 9.37. The molecule has 84 valence electrons. The maximum Gasteiger partial charge on any atom is 0.234 e. The zero-order chi connectivity index (χ0) is 10.7. The second-order valence-corrected chi connectivity index (χ2v) is 5.43. The van der Waals surface area contributed by atoms with E-state index in [1.54, 1.807) is 0 Å². The van der Waals surface area contributed by atoms with Crippen molar-refractivity contribution in [2.24, 2.45) is 0 Å². The third-order valence-corrected chi connectivity index (χ3v) is 3.74. The second kappa shape index (κ2) is 4.19. The normalized spacial score (nSPS) is 21.7. The summed E-state index contributed by atoms with van der Waals surface area (Å²) >= 11 is 0. The third-order valence-electron chi connectivity index (χ3n) is 2.35. The topological polar surface area (TPSA) is 86.9 Å². The summed E-state index contributed by atoms with van der Waals surface area (Å²) in [6, 6.07) is 0.0781. The summed E-state index contributed by atoms with van der Waals surface area (Å²) in [7, 11) is -3.26. The fourth-order valence-electron chi connectivity index (χ4n) is 1.69. The van der Waals surface area contributed by atoms with Crippen LogP contribution in [0.25, 0.3) is 0 Å². The Balaban J connectivity index is 1.94. The molecule has 0 radical (unpaired) electrons. The number of rotatable bonds is 4. The third kappa shape index (κ3) is 2.93. The Morgan fingerprint density at radius 3 is 3.07 bits per heavy atom. The number of hydrogen-bond donors (Lipinski definition) is 3. The van der Waals surface area contributed by atoms with E-state index < -0.39 is 10.0 Å². The summed E-state index contributed by atoms with van der Waals surface area (Å²) in [5.74, 6) is 0.123. The molecule has 0 aromatic carbocycles. The highest BCUT2D eigenvalue weighted by Gasteiger charge is 2.21. The maximum atomic E-state index is 11.7. The van der Waals surface area contributed by atoms with Crippen LogP contribution in [0.1, 0.15) is 12.8 Å². The molecule has 1 aliphatic heterocycles. The molecule has 1 unspecified atom stereocenters. The van der Waals surface area contributed by atoms with E-state index >= 15 is 0 Å². The van der Waals surface area contributed by atoms with Gasteiger partial charge in [0.25, 0.3) is 0 Å². The highest BCUT2D eigenvalue weighted by atomic mass is 32.2. The van der Waals surface area contributed by atoms with Gasteiger partial charge in [-0.25, -0.2) is 8.42 Å². The van der Waals surface area contributed by atoms with Gasteiger partial charge in [-0.1, -0.05) is 0 Å². The first-order valence-corrected chi connectivity index (χ1v) is 6.53. The van der Waals surface area contributed by atoms with Gasteiger partial charge in [0.05, 0.1) is 17.6 Å². The Labute approximate surface area is 88.5 Å². The van der Waals surface area contributed by atoms with Crippen LogP contribution in [0.2, 0.25) is 0 Å². The minimum Gasteiger partial charge on any atom is -0.313 e. The molecule has 1 aromatic rings. The van der Waals surface area contributed by atoms with Crippen LogP contribution in [0.15, 0.2) is 12.4 Å². The largest absolute Gasteiger partial charge is 0.313 e. The molecular weight excluding hydrogens is 216 g/mol. The molecule has 2 rings (SSSR count). The van der Waals surface area contributed by atoms with Gasteiger partial charge in [-0.15, -0.1) is 0 Å². The van der Waals surface area contributed by atoms with Crippen LogP contribution < -0.4 is 10.0 Å². The van der Waals surface area contributed by atoms with E-state index in [1.807, 2.05) is 0 Å². The molecule has 6 nitrogen and oxygen atoms in total. The van der Waals surface area contributed by atoms with E-state index in [4.69, 9.17) is 0 Å². The average molecular weight is 230 g/mol. The molecule has 2 heterocycles. The molecule has 1 aromatic heterocycles. The molecule has 3 N–H and O–H groups in total. The van der Waals surface area contributed by atoms with Crippen molar-refractivity contribution in [3.63, 3.8) is 0 Å². The van der Waals surface area contributed by atoms with Gasteiger partial charge in [0.1, 0.15) is 0 Å². The number of sulfonamides is 1. The number of nitrogens with zero attached hydrogens (tertiary/aromatic N) is 1. The predicted molar refractivity (Wildman–Crippen MR) is 57.0 cm³/mol. The monoisotopic (exact) mass is 230 g/mol. The number of anilines is 1. The molecule has 15 heavy (non-hydrogen) atoms. The van der Waals surface area contributed by atoms with E-state index in [9.17, 15) is 8.42 Å². The van der Waals surface area contributed by atoms with Gasteiger partial charge >= 0.3 is 0 Å². The van der Waals surface area contributed by atoms with Crippen molar-refractivity contribution >= 4 is 15.7 Å². The SMILES string of the molecule is O=S(=O)(CC1CCCN1)Nc1cn[nH]c1. The number of hydrogen-bond acceptors (Lipinski definition) is 4. The van der Waals surface area contributed by atoms with Crippen LogP contribution in [0.3, 0.4) is 0 Å². The molecule has 0 saturated carbocycles. The van der Waals surface area contributed by atoms with E-state index in [2.05, 4.69) is 20.2 Å². The van der Waals surface area contributed by atoms with Gasteiger partial charge < -0.3 is 5.32 Å². The Kier molecular flexibility index (Phi) is 2.92. The quantitative estimate of drug-likeness (QED) is 0.674. The van der Waals surface area contributed by atoms with E-state index in [0.717, 1.165) is 19.4 Å². The van der Waals surface area contributed by atoms with Crippen LogP contribution in [-0.2, 0) is 10.0 Å². The summed E-state index contributed by atoms with van der Waals surface area (Å²) in [5.41, 5.74) is 0.480. The van der Waals surface area contributed by atoms with Crippen LogP contribution in [0.4, 0.5) is 5.69 Å². The highest BCUT2D eigenvalue weighted by Crippen LogP contribution is 2.10. The number of aromatic amines is 1. The number of H-pyrrole nitrogens is 1. The van der Waals surface area contributed by atoms with Crippen molar-refractivity contribution in [3.05, 3.63) is 12.4 Å². The second-order valence-electron chi connectivity index (χ2n) is 3.66. The first-order valence-electron chi connectivity index (χ1n) is 4.88. The molecule has 0 spiro atoms. The van der Waals surface area contributed by atoms with E-state index in [1.165, 1.54) is 12.4 Å². The van der Waals surface area contributed by atoms with Crippen molar-refractivity contribution in [2.75, 3.05) is 17.0 Å². The molecule has 1 fully saturated rings. The summed E-state index contributed by atoms with van der Waals surface area (Å²) in [6.45, 7) is 0.909. The van der Waals surface area contributed by atoms with Crippen LogP contribution >= 0.6 is 0 Å². The summed E-state index contributed by atoms with van der Waals surface area (Å²) < 4.78 is 25.8. The lowest BCUT2D eigenvalue weighted by atomic mass is 10.3. The van der Waals surface area contributed by atoms with Gasteiger partial charge in [0.2, 0.25) is 10.0 Å². The lowest BCUT2D eigenvalue weighted by Gasteiger charge is -2.11. The predicted octanol–water partition coefficient (Wildman–Crippen LogP) is -0.0966. The van der Waals surface area contributed by atoms with Gasteiger partial charge in [-0.05, 0) is 19.4 Å². The van der Waals surface area contributed by atoms with Crippen LogP contribution in [-0.4, -0.2) is 37.0 Å². The Bertz CT molecular complexity index is 394. The van der Waals surface area contributed by atoms with Crippen molar-refractivity contribution in [1.82, 2.24) is 15.5 Å².